The lowest BCUT2D eigenvalue weighted by Gasteiger charge is -2.09. The fraction of sp³-hybridized carbons (Fsp3) is 0.308. The Morgan fingerprint density at radius 1 is 1.27 bits per heavy atom. The number of nitrogens with zero attached hydrogens (tertiary/aromatic N) is 1. The highest BCUT2D eigenvalue weighted by Crippen LogP contribution is 2.18. The van der Waals surface area contributed by atoms with Crippen LogP contribution in [-0.2, 0) is 13.5 Å². The molecule has 0 saturated carbocycles. The Kier molecular flexibility index (Phi) is 2.87. The average Bonchev–Trinajstić information content (AvgIpc) is 2.26. The third-order valence-corrected chi connectivity index (χ3v) is 3.17. The van der Waals surface area contributed by atoms with Crippen molar-refractivity contribution in [2.24, 2.45) is 7.05 Å². The third-order valence-electron chi connectivity index (χ3n) is 2.69. The molecule has 2 heteroatoms. The molecule has 1 aromatic heterocycles. The van der Waals surface area contributed by atoms with E-state index in [1.807, 2.05) is 6.07 Å². The van der Waals surface area contributed by atoms with Gasteiger partial charge in [0.25, 0.3) is 0 Å². The normalized spacial score (nSPS) is 10.8. The number of para-hydroxylation sites is 1. The van der Waals surface area contributed by atoms with E-state index in [2.05, 4.69) is 42.9 Å². The van der Waals surface area contributed by atoms with Crippen LogP contribution in [0.1, 0.15) is 18.9 Å². The average molecular weight is 217 g/mol. The maximum absolute atomic E-state index is 5.51. The fourth-order valence-electron chi connectivity index (χ4n) is 1.96. The van der Waals surface area contributed by atoms with Crippen LogP contribution in [0, 0.1) is 4.51 Å². The van der Waals surface area contributed by atoms with Crippen LogP contribution in [0.4, 0.5) is 0 Å². The Labute approximate surface area is 95.4 Å². The largest absolute Gasteiger partial charge is 0.350 e. The molecule has 0 amide bonds. The Morgan fingerprint density at radius 2 is 2.00 bits per heavy atom. The van der Waals surface area contributed by atoms with E-state index in [0.717, 1.165) is 17.4 Å². The van der Waals surface area contributed by atoms with Crippen molar-refractivity contribution in [3.05, 3.63) is 40.5 Å². The summed E-state index contributed by atoms with van der Waals surface area (Å²) < 4.78 is 3.18. The first kappa shape index (κ1) is 10.4. The van der Waals surface area contributed by atoms with Gasteiger partial charge in [-0.2, -0.15) is 0 Å². The zero-order chi connectivity index (χ0) is 10.8. The zero-order valence-electron chi connectivity index (χ0n) is 9.16. The first-order valence-corrected chi connectivity index (χ1v) is 5.72. The van der Waals surface area contributed by atoms with Crippen molar-refractivity contribution in [3.63, 3.8) is 0 Å². The molecule has 0 aliphatic heterocycles. The van der Waals surface area contributed by atoms with Gasteiger partial charge in [0.1, 0.15) is 0 Å². The second-order valence-electron chi connectivity index (χ2n) is 3.86. The number of pyridine rings is 1. The molecule has 1 nitrogen and oxygen atoms in total. The summed E-state index contributed by atoms with van der Waals surface area (Å²) in [6, 6.07) is 8.32. The van der Waals surface area contributed by atoms with Gasteiger partial charge in [0.2, 0.25) is 0 Å². The minimum Gasteiger partial charge on any atom is -0.350 e. The first-order valence-electron chi connectivity index (χ1n) is 5.31. The van der Waals surface area contributed by atoms with Crippen molar-refractivity contribution in [2.75, 3.05) is 0 Å². The molecule has 15 heavy (non-hydrogen) atoms. The fourth-order valence-corrected chi connectivity index (χ4v) is 2.28. The van der Waals surface area contributed by atoms with Crippen LogP contribution in [-0.4, -0.2) is 4.57 Å². The number of fused-ring (bicyclic) bond motifs is 1. The maximum atomic E-state index is 5.51. The monoisotopic (exact) mass is 217 g/mol. The van der Waals surface area contributed by atoms with Crippen molar-refractivity contribution >= 4 is 23.1 Å². The second kappa shape index (κ2) is 4.15. The number of hydrogen-bond acceptors (Lipinski definition) is 1. The van der Waals surface area contributed by atoms with Gasteiger partial charge in [0.15, 0.2) is 0 Å². The second-order valence-corrected chi connectivity index (χ2v) is 4.27. The molecular weight excluding hydrogens is 202 g/mol. The standard InChI is InChI=1S/C13H15NS/c1-3-6-10-9-14(2)12-8-5-4-7-11(12)13(10)15/h4-5,7-9H,3,6H2,1-2H3. The lowest BCUT2D eigenvalue weighted by molar-refractivity contribution is 0.873. The first-order chi connectivity index (χ1) is 7.24. The molecule has 0 atom stereocenters. The molecule has 1 heterocycles. The third kappa shape index (κ3) is 1.82. The van der Waals surface area contributed by atoms with Crippen molar-refractivity contribution in [2.45, 2.75) is 19.8 Å². The van der Waals surface area contributed by atoms with E-state index in [4.69, 9.17) is 12.2 Å². The Bertz CT molecular complexity index is 540. The topological polar surface area (TPSA) is 4.93 Å². The predicted octanol–water partition coefficient (Wildman–Crippen LogP) is 3.86. The molecule has 0 bridgehead atoms. The molecule has 0 unspecified atom stereocenters. The van der Waals surface area contributed by atoms with Crippen LogP contribution >= 0.6 is 12.2 Å². The number of aryl methyl sites for hydroxylation is 2. The van der Waals surface area contributed by atoms with Gasteiger partial charge in [0.05, 0.1) is 4.51 Å². The minimum atomic E-state index is 1.02. The molecule has 0 N–H and O–H groups in total. The number of rotatable bonds is 2. The van der Waals surface area contributed by atoms with Crippen molar-refractivity contribution in [3.8, 4) is 0 Å². The smallest absolute Gasteiger partial charge is 0.0516 e. The summed E-state index contributed by atoms with van der Waals surface area (Å²) in [6.07, 6.45) is 4.37. The van der Waals surface area contributed by atoms with Gasteiger partial charge < -0.3 is 4.57 Å². The number of hydrogen-bond donors (Lipinski definition) is 0. The highest BCUT2D eigenvalue weighted by molar-refractivity contribution is 7.71. The molecular formula is C13H15NS. The quantitative estimate of drug-likeness (QED) is 0.691. The minimum absolute atomic E-state index is 1.02. The summed E-state index contributed by atoms with van der Waals surface area (Å²) in [5, 5.41) is 1.20. The van der Waals surface area contributed by atoms with Crippen LogP contribution in [0.2, 0.25) is 0 Å². The maximum Gasteiger partial charge on any atom is 0.0516 e. The van der Waals surface area contributed by atoms with E-state index in [-0.39, 0.29) is 0 Å². The number of aromatic nitrogens is 1. The van der Waals surface area contributed by atoms with Crippen LogP contribution < -0.4 is 0 Å². The van der Waals surface area contributed by atoms with E-state index in [9.17, 15) is 0 Å². The van der Waals surface area contributed by atoms with Crippen LogP contribution in [0.3, 0.4) is 0 Å². The van der Waals surface area contributed by atoms with Crippen LogP contribution in [0.15, 0.2) is 30.5 Å². The molecule has 0 aliphatic carbocycles. The van der Waals surface area contributed by atoms with Gasteiger partial charge >= 0.3 is 0 Å². The van der Waals surface area contributed by atoms with Gasteiger partial charge in [-0.1, -0.05) is 43.8 Å². The number of benzene rings is 1. The highest BCUT2D eigenvalue weighted by atomic mass is 32.1. The molecule has 0 radical (unpaired) electrons. The molecule has 0 spiro atoms. The molecule has 78 valence electrons. The lowest BCUT2D eigenvalue weighted by Crippen LogP contribution is -1.97. The summed E-state index contributed by atoms with van der Waals surface area (Å²) in [5.41, 5.74) is 2.50. The van der Waals surface area contributed by atoms with E-state index in [1.165, 1.54) is 16.5 Å². The molecule has 0 saturated heterocycles. The van der Waals surface area contributed by atoms with E-state index >= 15 is 0 Å². The molecule has 2 rings (SSSR count). The van der Waals surface area contributed by atoms with Crippen molar-refractivity contribution < 1.29 is 0 Å². The molecule has 0 aliphatic rings. The highest BCUT2D eigenvalue weighted by Gasteiger charge is 2.02. The zero-order valence-corrected chi connectivity index (χ0v) is 9.97. The van der Waals surface area contributed by atoms with Crippen molar-refractivity contribution in [1.29, 1.82) is 0 Å². The molecule has 0 fully saturated rings. The van der Waals surface area contributed by atoms with Gasteiger partial charge in [0, 0.05) is 24.1 Å². The van der Waals surface area contributed by atoms with E-state index < -0.39 is 0 Å². The lowest BCUT2D eigenvalue weighted by atomic mass is 10.1. The van der Waals surface area contributed by atoms with E-state index in [0.29, 0.717) is 0 Å². The SMILES string of the molecule is CCCc1cn(C)c2ccccc2c1=S. The van der Waals surface area contributed by atoms with Crippen LogP contribution in [0.5, 0.6) is 0 Å². The van der Waals surface area contributed by atoms with Gasteiger partial charge in [-0.25, -0.2) is 0 Å². The molecule has 1 aromatic carbocycles. The summed E-state index contributed by atoms with van der Waals surface area (Å²) in [4.78, 5) is 0. The summed E-state index contributed by atoms with van der Waals surface area (Å²) in [7, 11) is 2.08. The Hall–Kier alpha value is -1.15. The van der Waals surface area contributed by atoms with Gasteiger partial charge in [-0.05, 0) is 18.1 Å². The summed E-state index contributed by atoms with van der Waals surface area (Å²) >= 11 is 5.51. The van der Waals surface area contributed by atoms with Crippen molar-refractivity contribution in [1.82, 2.24) is 4.57 Å². The van der Waals surface area contributed by atoms with Crippen LogP contribution in [0.25, 0.3) is 10.9 Å². The Balaban J connectivity index is 2.79. The van der Waals surface area contributed by atoms with E-state index in [1.54, 1.807) is 0 Å². The predicted molar refractivity (Wildman–Crippen MR) is 67.7 cm³/mol. The van der Waals surface area contributed by atoms with Gasteiger partial charge in [-0.15, -0.1) is 0 Å². The summed E-state index contributed by atoms with van der Waals surface area (Å²) in [5.74, 6) is 0. The molecule has 2 aromatic rings. The Morgan fingerprint density at radius 3 is 2.73 bits per heavy atom. The summed E-state index contributed by atoms with van der Waals surface area (Å²) in [6.45, 7) is 2.18. The van der Waals surface area contributed by atoms with Gasteiger partial charge in [-0.3, -0.25) is 0 Å².